The van der Waals surface area contributed by atoms with E-state index in [1.54, 1.807) is 0 Å². The summed E-state index contributed by atoms with van der Waals surface area (Å²) in [5.74, 6) is -0.619. The van der Waals surface area contributed by atoms with E-state index in [2.05, 4.69) is 9.84 Å². The number of nitrogens with zero attached hydrogens (tertiary/aromatic N) is 2. The Morgan fingerprint density at radius 3 is 2.74 bits per heavy atom. The van der Waals surface area contributed by atoms with Crippen LogP contribution in [0.5, 0.6) is 0 Å². The quantitative estimate of drug-likeness (QED) is 0.624. The summed E-state index contributed by atoms with van der Waals surface area (Å²) in [5.41, 5.74) is 3.23. The van der Waals surface area contributed by atoms with Gasteiger partial charge in [-0.25, -0.2) is 9.48 Å². The molecular weight excluding hydrogens is 244 g/mol. The molecule has 5 nitrogen and oxygen atoms in total. The molecule has 1 aromatic heterocycles. The van der Waals surface area contributed by atoms with Crippen LogP contribution in [0.4, 0.5) is 0 Å². The lowest BCUT2D eigenvalue weighted by molar-refractivity contribution is 0.0591. The van der Waals surface area contributed by atoms with Crippen LogP contribution in [-0.2, 0) is 4.74 Å². The molecule has 0 spiro atoms. The van der Waals surface area contributed by atoms with Crippen molar-refractivity contribution in [3.63, 3.8) is 0 Å². The number of hydrogen-bond donors (Lipinski definition) is 0. The molecule has 0 atom stereocenters. The summed E-state index contributed by atoms with van der Waals surface area (Å²) in [7, 11) is 1.26. The molecule has 0 amide bonds. The smallest absolute Gasteiger partial charge is 0.359 e. The first kappa shape index (κ1) is 13.0. The number of hydrogen-bond acceptors (Lipinski definition) is 4. The molecule has 1 heterocycles. The second-order valence-electron chi connectivity index (χ2n) is 4.21. The molecule has 0 saturated carbocycles. The maximum atomic E-state index is 11.5. The van der Waals surface area contributed by atoms with Gasteiger partial charge in [0.15, 0.2) is 12.0 Å². The second-order valence-corrected chi connectivity index (χ2v) is 4.21. The van der Waals surface area contributed by atoms with Gasteiger partial charge < -0.3 is 4.74 Å². The predicted molar refractivity (Wildman–Crippen MR) is 69.8 cm³/mol. The van der Waals surface area contributed by atoms with Crippen LogP contribution in [0.1, 0.15) is 32.0 Å². The van der Waals surface area contributed by atoms with Crippen LogP contribution in [-0.4, -0.2) is 29.1 Å². The summed E-state index contributed by atoms with van der Waals surface area (Å²) >= 11 is 0. The van der Waals surface area contributed by atoms with Crippen LogP contribution in [0.15, 0.2) is 24.4 Å². The van der Waals surface area contributed by atoms with Gasteiger partial charge in [-0.2, -0.15) is 5.10 Å². The highest BCUT2D eigenvalue weighted by Crippen LogP contribution is 2.18. The number of benzene rings is 1. The number of aromatic nitrogens is 2. The third-order valence-electron chi connectivity index (χ3n) is 3.07. The molecule has 0 saturated heterocycles. The van der Waals surface area contributed by atoms with Crippen molar-refractivity contribution in [3.8, 4) is 5.69 Å². The van der Waals surface area contributed by atoms with Crippen molar-refractivity contribution >= 4 is 12.3 Å². The molecule has 0 N–H and O–H groups in total. The standard InChI is InChI=1S/C14H14N2O3/c1-9-5-4-6-12(10(9)2)16-7-11(8-17)13(15-16)14(18)19-3/h4-8H,1-3H3. The zero-order chi connectivity index (χ0) is 14.0. The Morgan fingerprint density at radius 1 is 1.37 bits per heavy atom. The molecule has 98 valence electrons. The summed E-state index contributed by atoms with van der Waals surface area (Å²) < 4.78 is 6.13. The Morgan fingerprint density at radius 2 is 2.11 bits per heavy atom. The highest BCUT2D eigenvalue weighted by atomic mass is 16.5. The molecule has 2 aromatic rings. The maximum Gasteiger partial charge on any atom is 0.359 e. The van der Waals surface area contributed by atoms with Crippen molar-refractivity contribution in [1.82, 2.24) is 9.78 Å². The SMILES string of the molecule is COC(=O)c1nn(-c2cccc(C)c2C)cc1C=O. The summed E-state index contributed by atoms with van der Waals surface area (Å²) in [6.07, 6.45) is 2.13. The summed E-state index contributed by atoms with van der Waals surface area (Å²) in [5, 5.41) is 4.13. The molecule has 19 heavy (non-hydrogen) atoms. The molecule has 1 aromatic carbocycles. The van der Waals surface area contributed by atoms with Gasteiger partial charge in [-0.3, -0.25) is 4.79 Å². The fourth-order valence-electron chi connectivity index (χ4n) is 1.84. The van der Waals surface area contributed by atoms with Crippen LogP contribution < -0.4 is 0 Å². The number of methoxy groups -OCH3 is 1. The van der Waals surface area contributed by atoms with Gasteiger partial charge in [0.05, 0.1) is 18.4 Å². The van der Waals surface area contributed by atoms with Crippen LogP contribution >= 0.6 is 0 Å². The monoisotopic (exact) mass is 258 g/mol. The van der Waals surface area contributed by atoms with Crippen LogP contribution in [0.25, 0.3) is 5.69 Å². The van der Waals surface area contributed by atoms with Gasteiger partial charge in [0.2, 0.25) is 0 Å². The average molecular weight is 258 g/mol. The first-order valence-electron chi connectivity index (χ1n) is 5.78. The molecule has 5 heteroatoms. The first-order chi connectivity index (χ1) is 9.08. The van der Waals surface area contributed by atoms with Crippen LogP contribution in [0.3, 0.4) is 0 Å². The Bertz CT molecular complexity index is 644. The highest BCUT2D eigenvalue weighted by molar-refractivity contribution is 5.96. The average Bonchev–Trinajstić information content (AvgIpc) is 2.85. The van der Waals surface area contributed by atoms with E-state index in [9.17, 15) is 9.59 Å². The Balaban J connectivity index is 2.58. The number of carbonyl (C=O) groups is 2. The minimum atomic E-state index is -0.619. The van der Waals surface area contributed by atoms with Crippen molar-refractivity contribution in [2.75, 3.05) is 7.11 Å². The lowest BCUT2D eigenvalue weighted by Gasteiger charge is -2.07. The van der Waals surface area contributed by atoms with Crippen molar-refractivity contribution in [2.45, 2.75) is 13.8 Å². The topological polar surface area (TPSA) is 61.2 Å². The largest absolute Gasteiger partial charge is 0.464 e. The Hall–Kier alpha value is -2.43. The van der Waals surface area contributed by atoms with Crippen molar-refractivity contribution in [3.05, 3.63) is 46.8 Å². The van der Waals surface area contributed by atoms with E-state index in [1.165, 1.54) is 18.0 Å². The minimum absolute atomic E-state index is 0.0263. The molecule has 0 radical (unpaired) electrons. The molecule has 0 fully saturated rings. The van der Waals surface area contributed by atoms with Gasteiger partial charge in [0, 0.05) is 6.20 Å². The molecule has 0 bridgehead atoms. The molecule has 2 rings (SSSR count). The number of aldehydes is 1. The second kappa shape index (κ2) is 5.06. The number of esters is 1. The van der Waals surface area contributed by atoms with E-state index in [0.717, 1.165) is 16.8 Å². The number of rotatable bonds is 3. The van der Waals surface area contributed by atoms with Gasteiger partial charge in [0.1, 0.15) is 0 Å². The molecule has 0 aliphatic rings. The van der Waals surface area contributed by atoms with E-state index in [1.807, 2.05) is 32.0 Å². The molecule has 0 aliphatic heterocycles. The van der Waals surface area contributed by atoms with E-state index in [0.29, 0.717) is 6.29 Å². The van der Waals surface area contributed by atoms with Gasteiger partial charge in [-0.05, 0) is 31.0 Å². The summed E-state index contributed by atoms with van der Waals surface area (Å²) in [6.45, 7) is 3.95. The molecular formula is C14H14N2O3. The summed E-state index contributed by atoms with van der Waals surface area (Å²) in [6, 6.07) is 5.77. The van der Waals surface area contributed by atoms with Crippen LogP contribution in [0.2, 0.25) is 0 Å². The molecule has 0 unspecified atom stereocenters. The zero-order valence-corrected chi connectivity index (χ0v) is 11.0. The fraction of sp³-hybridized carbons (Fsp3) is 0.214. The van der Waals surface area contributed by atoms with E-state index in [4.69, 9.17) is 0 Å². The van der Waals surface area contributed by atoms with Crippen molar-refractivity contribution < 1.29 is 14.3 Å². The van der Waals surface area contributed by atoms with Crippen LogP contribution in [0, 0.1) is 13.8 Å². The third kappa shape index (κ3) is 2.27. The molecule has 0 aliphatic carbocycles. The van der Waals surface area contributed by atoms with Gasteiger partial charge in [-0.15, -0.1) is 0 Å². The van der Waals surface area contributed by atoms with Gasteiger partial charge in [0.25, 0.3) is 0 Å². The zero-order valence-electron chi connectivity index (χ0n) is 11.0. The summed E-state index contributed by atoms with van der Waals surface area (Å²) in [4.78, 5) is 22.5. The number of ether oxygens (including phenoxy) is 1. The highest BCUT2D eigenvalue weighted by Gasteiger charge is 2.18. The van der Waals surface area contributed by atoms with E-state index in [-0.39, 0.29) is 11.3 Å². The normalized spacial score (nSPS) is 10.3. The first-order valence-corrected chi connectivity index (χ1v) is 5.78. The van der Waals surface area contributed by atoms with Gasteiger partial charge in [-0.1, -0.05) is 12.1 Å². The van der Waals surface area contributed by atoms with Crippen molar-refractivity contribution in [2.24, 2.45) is 0 Å². The van der Waals surface area contributed by atoms with Crippen molar-refractivity contribution in [1.29, 1.82) is 0 Å². The lowest BCUT2D eigenvalue weighted by Crippen LogP contribution is -2.06. The lowest BCUT2D eigenvalue weighted by atomic mass is 10.1. The fourth-order valence-corrected chi connectivity index (χ4v) is 1.84. The number of carbonyl (C=O) groups excluding carboxylic acids is 2. The third-order valence-corrected chi connectivity index (χ3v) is 3.07. The minimum Gasteiger partial charge on any atom is -0.464 e. The predicted octanol–water partition coefficient (Wildman–Crippen LogP) is 2.09. The van der Waals surface area contributed by atoms with E-state index >= 15 is 0 Å². The Kier molecular flexibility index (Phi) is 3.46. The van der Waals surface area contributed by atoms with Gasteiger partial charge >= 0.3 is 5.97 Å². The maximum absolute atomic E-state index is 11.5. The number of aryl methyl sites for hydroxylation is 1. The van der Waals surface area contributed by atoms with E-state index < -0.39 is 5.97 Å². The Labute approximate surface area is 110 Å².